The summed E-state index contributed by atoms with van der Waals surface area (Å²) >= 11 is 0. The van der Waals surface area contributed by atoms with Gasteiger partial charge in [0.1, 0.15) is 56.1 Å². The van der Waals surface area contributed by atoms with E-state index in [1.807, 2.05) is 0 Å². The standard InChI is InChI=1S/C57H73N11O14S2/c1-55(2,3)80-52(70)59-30-38(31-60-53(71)81-56(4,5)6)66-83(73,74)46-27-25-41(42-14-13-15-43(49(42)58)63-47(69)32-61-54(72)82-57(7,8)9)48(51-64-44-28-37(29-62-67-65-51)20-26-45(44)79-12)50(46)84(75,76)68(33-35-16-21-39(77-10)22-17-35)34-36-18-23-40(78-11)24-19-36/h13-28,38,66H,29-34,58H2,1-12H3,(H,59,70)(H,60,71)(H,61,72)(H,63,69)(H,62,64,65). The van der Waals surface area contributed by atoms with Gasteiger partial charge < -0.3 is 55.4 Å². The molecule has 0 atom stereocenters. The molecule has 0 aliphatic carbocycles. The zero-order valence-corrected chi connectivity index (χ0v) is 50.6. The molecule has 1 heterocycles. The van der Waals surface area contributed by atoms with Crippen molar-refractivity contribution < 1.29 is 64.4 Å². The second-order valence-corrected chi connectivity index (χ2v) is 25.6. The van der Waals surface area contributed by atoms with Crippen LogP contribution < -0.4 is 51.4 Å². The molecule has 6 rings (SSSR count). The van der Waals surface area contributed by atoms with Crippen LogP contribution in [0.3, 0.4) is 0 Å². The molecule has 25 nitrogen and oxygen atoms in total. The van der Waals surface area contributed by atoms with Crippen molar-refractivity contribution in [2.75, 3.05) is 52.0 Å². The number of hydrogen-bond donors (Lipinski definition) is 7. The van der Waals surface area contributed by atoms with E-state index >= 15 is 16.8 Å². The van der Waals surface area contributed by atoms with Gasteiger partial charge in [-0.1, -0.05) is 53.8 Å². The Morgan fingerprint density at radius 2 is 1.20 bits per heavy atom. The summed E-state index contributed by atoms with van der Waals surface area (Å²) in [5.41, 5.74) is 8.09. The van der Waals surface area contributed by atoms with Gasteiger partial charge in [0.15, 0.2) is 5.84 Å². The molecule has 1 aliphatic heterocycles. The second-order valence-electron chi connectivity index (χ2n) is 22.0. The third-order valence-corrected chi connectivity index (χ3v) is 15.4. The predicted molar refractivity (Wildman–Crippen MR) is 315 cm³/mol. The van der Waals surface area contributed by atoms with Gasteiger partial charge in [-0.15, -0.1) is 5.11 Å². The summed E-state index contributed by atoms with van der Waals surface area (Å²) in [5.74, 6) is -0.0297. The predicted octanol–water partition coefficient (Wildman–Crippen LogP) is 8.06. The fraction of sp³-hybridized carbons (Fsp3) is 0.386. The van der Waals surface area contributed by atoms with Crippen molar-refractivity contribution in [2.45, 2.75) is 115 Å². The molecule has 0 unspecified atom stereocenters. The van der Waals surface area contributed by atoms with Crippen LogP contribution in [0.1, 0.15) is 84.6 Å². The first-order chi connectivity index (χ1) is 39.4. The molecule has 0 radical (unpaired) electrons. The lowest BCUT2D eigenvalue weighted by Crippen LogP contribution is -2.51. The Bertz CT molecular complexity index is 3410. The molecule has 84 heavy (non-hydrogen) atoms. The Morgan fingerprint density at radius 3 is 1.71 bits per heavy atom. The third-order valence-electron chi connectivity index (χ3n) is 11.8. The van der Waals surface area contributed by atoms with Crippen LogP contribution in [0, 0.1) is 0 Å². The Balaban J connectivity index is 1.69. The van der Waals surface area contributed by atoms with Crippen molar-refractivity contribution in [3.63, 3.8) is 0 Å². The van der Waals surface area contributed by atoms with Gasteiger partial charge in [-0.2, -0.15) is 4.31 Å². The molecule has 2 bridgehead atoms. The summed E-state index contributed by atoms with van der Waals surface area (Å²) in [4.78, 5) is 55.4. The fourth-order valence-electron chi connectivity index (χ4n) is 8.14. The lowest BCUT2D eigenvalue weighted by Gasteiger charge is -2.28. The van der Waals surface area contributed by atoms with Crippen molar-refractivity contribution in [1.29, 1.82) is 0 Å². The lowest BCUT2D eigenvalue weighted by molar-refractivity contribution is -0.115. The van der Waals surface area contributed by atoms with Crippen molar-refractivity contribution in [3.05, 3.63) is 119 Å². The molecule has 0 saturated heterocycles. The molecular formula is C57H73N11O14S2. The Labute approximate surface area is 489 Å². The highest BCUT2D eigenvalue weighted by atomic mass is 32.2. The number of nitrogens with one attached hydrogen (secondary N) is 6. The van der Waals surface area contributed by atoms with E-state index in [0.717, 1.165) is 10.4 Å². The highest BCUT2D eigenvalue weighted by molar-refractivity contribution is 7.92. The van der Waals surface area contributed by atoms with Gasteiger partial charge in [-0.05, 0) is 133 Å². The monoisotopic (exact) mass is 1200 g/mol. The minimum Gasteiger partial charge on any atom is -0.497 e. The van der Waals surface area contributed by atoms with E-state index in [1.165, 1.54) is 45.6 Å². The zero-order valence-electron chi connectivity index (χ0n) is 49.0. The first-order valence-electron chi connectivity index (χ1n) is 26.3. The molecule has 8 N–H and O–H groups in total. The Hall–Kier alpha value is -8.53. The molecular weight excluding hydrogens is 1130 g/mol. The van der Waals surface area contributed by atoms with Crippen LogP contribution in [-0.2, 0) is 58.7 Å². The number of anilines is 2. The fourth-order valence-corrected chi connectivity index (χ4v) is 11.8. The van der Waals surface area contributed by atoms with Crippen LogP contribution in [0.5, 0.6) is 17.2 Å². The van der Waals surface area contributed by atoms with Crippen molar-refractivity contribution >= 4 is 67.1 Å². The van der Waals surface area contributed by atoms with E-state index in [-0.39, 0.29) is 53.6 Å². The van der Waals surface area contributed by atoms with Crippen LogP contribution in [0.2, 0.25) is 0 Å². The van der Waals surface area contributed by atoms with Crippen LogP contribution >= 0.6 is 0 Å². The van der Waals surface area contributed by atoms with E-state index in [0.29, 0.717) is 28.2 Å². The number of amidine groups is 1. The van der Waals surface area contributed by atoms with Gasteiger partial charge in [0.05, 0.1) is 50.9 Å². The number of nitrogen functional groups attached to an aromatic ring is 1. The number of hydrogen-bond acceptors (Lipinski definition) is 19. The molecule has 0 spiro atoms. The number of nitrogens with zero attached hydrogens (tertiary/aromatic N) is 4. The number of benzene rings is 5. The molecule has 0 aromatic heterocycles. The normalized spacial score (nSPS) is 13.8. The smallest absolute Gasteiger partial charge is 0.408 e. The average Bonchev–Trinajstić information content (AvgIpc) is 3.48. The van der Waals surface area contributed by atoms with E-state index in [9.17, 15) is 19.2 Å². The maximum Gasteiger partial charge on any atom is 0.408 e. The number of methoxy groups -OCH3 is 3. The highest BCUT2D eigenvalue weighted by Gasteiger charge is 2.39. The molecule has 27 heteroatoms. The Morgan fingerprint density at radius 1 is 0.667 bits per heavy atom. The Kier molecular flexibility index (Phi) is 21.0. The van der Waals surface area contributed by atoms with Crippen LogP contribution in [0.25, 0.3) is 11.1 Å². The quantitative estimate of drug-likeness (QED) is 0.0270. The molecule has 5 aromatic carbocycles. The van der Waals surface area contributed by atoms with Gasteiger partial charge >= 0.3 is 18.3 Å². The highest BCUT2D eigenvalue weighted by Crippen LogP contribution is 2.42. The molecule has 0 fully saturated rings. The topological polar surface area (TPSA) is 330 Å². The zero-order chi connectivity index (χ0) is 61.8. The minimum absolute atomic E-state index is 0.00438. The number of amides is 4. The number of aliphatic imine (C=N–C) groups is 1. The summed E-state index contributed by atoms with van der Waals surface area (Å²) in [6.45, 7) is 12.6. The third kappa shape index (κ3) is 18.2. The van der Waals surface area contributed by atoms with Crippen molar-refractivity contribution in [1.82, 2.24) is 30.4 Å². The summed E-state index contributed by atoms with van der Waals surface area (Å²) < 4.78 is 101. The molecule has 0 saturated carbocycles. The molecule has 452 valence electrons. The number of ether oxygens (including phenoxy) is 6. The summed E-state index contributed by atoms with van der Waals surface area (Å²) in [7, 11) is -6.16. The number of fused-ring (bicyclic) bond motifs is 2. The van der Waals surface area contributed by atoms with Crippen molar-refractivity contribution in [2.24, 2.45) is 15.3 Å². The minimum atomic E-state index is -5.29. The number of alkyl carbamates (subject to hydrolysis) is 3. The van der Waals surface area contributed by atoms with E-state index in [2.05, 4.69) is 41.8 Å². The van der Waals surface area contributed by atoms with Gasteiger partial charge in [0.2, 0.25) is 26.0 Å². The number of carbonyl (C=O) groups is 4. The summed E-state index contributed by atoms with van der Waals surface area (Å²) in [6.07, 6.45) is -2.72. The number of carbonyl (C=O) groups excluding carboxylic acids is 4. The van der Waals surface area contributed by atoms with Gasteiger partial charge in [-0.3, -0.25) is 10.2 Å². The average molecular weight is 1200 g/mol. The molecule has 1 aliphatic rings. The maximum absolute atomic E-state index is 16.7. The van der Waals surface area contributed by atoms with Crippen LogP contribution in [-0.4, -0.2) is 115 Å². The molecule has 5 aromatic rings. The van der Waals surface area contributed by atoms with E-state index < -0.39 is 108 Å². The number of para-hydroxylation sites is 1. The summed E-state index contributed by atoms with van der Waals surface area (Å²) in [5, 5.41) is 18.8. The van der Waals surface area contributed by atoms with Gasteiger partial charge in [-0.25, -0.2) is 40.9 Å². The number of nitrogens with two attached hydrogens (primary N) is 1. The van der Waals surface area contributed by atoms with E-state index in [1.54, 1.807) is 129 Å². The van der Waals surface area contributed by atoms with E-state index in [4.69, 9.17) is 39.1 Å². The van der Waals surface area contributed by atoms with Crippen molar-refractivity contribution in [3.8, 4) is 28.4 Å². The lowest BCUT2D eigenvalue weighted by atomic mass is 9.96. The number of rotatable bonds is 21. The summed E-state index contributed by atoms with van der Waals surface area (Å²) in [6, 6.07) is 23.6. The maximum atomic E-state index is 16.7. The molecule has 4 amide bonds. The van der Waals surface area contributed by atoms with Crippen LogP contribution in [0.15, 0.2) is 122 Å². The first-order valence-corrected chi connectivity index (χ1v) is 29.2. The van der Waals surface area contributed by atoms with Gasteiger partial charge in [0.25, 0.3) is 0 Å². The van der Waals surface area contributed by atoms with Gasteiger partial charge in [0, 0.05) is 31.7 Å². The first kappa shape index (κ1) is 64.6. The number of sulfonamides is 2. The SMILES string of the molecule is COc1ccc(CN(Cc2ccc(OC)cc2)S(=O)(=O)c2c(S(=O)(=O)NC(CNC(=O)OC(C)(C)C)CNC(=O)OC(C)(C)C)ccc(-c3cccc(NC(=O)CNC(=O)OC(C)(C)C)c3N)c2C2=N/c3cc(ccc3OC)CN/N=N\2)cc1. The second kappa shape index (κ2) is 27.2. The largest absolute Gasteiger partial charge is 0.497 e. The van der Waals surface area contributed by atoms with Crippen LogP contribution in [0.4, 0.5) is 31.4 Å².